The predicted octanol–water partition coefficient (Wildman–Crippen LogP) is 5.16. The molecule has 0 radical (unpaired) electrons. The van der Waals surface area contributed by atoms with Crippen LogP contribution in [0.1, 0.15) is 103 Å². The Hall–Kier alpha value is -0.760. The lowest BCUT2D eigenvalue weighted by atomic mass is 10.0. The van der Waals surface area contributed by atoms with Gasteiger partial charge in [0, 0.05) is 12.8 Å². The zero-order valence-corrected chi connectivity index (χ0v) is 19.4. The summed E-state index contributed by atoms with van der Waals surface area (Å²) in [6, 6.07) is 0. The molecular weight excluding hydrogens is 434 g/mol. The molecule has 0 saturated heterocycles. The van der Waals surface area contributed by atoms with Gasteiger partial charge in [0.25, 0.3) is 0 Å². The Labute approximate surface area is 178 Å². The fourth-order valence-corrected chi connectivity index (χ4v) is 4.33. The van der Waals surface area contributed by atoms with Crippen molar-refractivity contribution >= 4 is 26.1 Å². The van der Waals surface area contributed by atoms with Crippen molar-refractivity contribution in [3.8, 4) is 0 Å². The minimum atomic E-state index is -4.42. The standard InChI is InChI=1S/C18H38N2O8P2/c21-19-17(29(23,24)25)15-13-11-9-7-5-3-1-2-4-6-8-10-12-14-16-18(20-22)30(26,27)28/h21-22H,1-16H2,(H2,23,24,25)(H2,26,27,28). The lowest BCUT2D eigenvalue weighted by molar-refractivity contribution is 0.314. The first-order chi connectivity index (χ1) is 14.1. The molecule has 0 heterocycles. The van der Waals surface area contributed by atoms with Crippen LogP contribution in [0.5, 0.6) is 0 Å². The molecule has 12 heteroatoms. The highest BCUT2D eigenvalue weighted by molar-refractivity contribution is 7.70. The largest absolute Gasteiger partial charge is 0.410 e. The smallest absolute Gasteiger partial charge is 0.373 e. The third-order valence-corrected chi connectivity index (χ3v) is 6.93. The minimum Gasteiger partial charge on any atom is -0.410 e. The fraction of sp³-hybridized carbons (Fsp3) is 0.889. The highest BCUT2D eigenvalue weighted by Gasteiger charge is 2.23. The van der Waals surface area contributed by atoms with Gasteiger partial charge in [0.2, 0.25) is 0 Å². The molecule has 0 aromatic rings. The van der Waals surface area contributed by atoms with Gasteiger partial charge in [0.1, 0.15) is 0 Å². The molecule has 30 heavy (non-hydrogen) atoms. The molecule has 0 unspecified atom stereocenters. The van der Waals surface area contributed by atoms with Crippen molar-refractivity contribution in [2.75, 3.05) is 0 Å². The van der Waals surface area contributed by atoms with Crippen LogP contribution in [0, 0.1) is 0 Å². The van der Waals surface area contributed by atoms with Gasteiger partial charge in [0.15, 0.2) is 10.9 Å². The first kappa shape index (κ1) is 29.2. The molecule has 0 saturated carbocycles. The normalized spacial score (nSPS) is 13.7. The summed E-state index contributed by atoms with van der Waals surface area (Å²) >= 11 is 0. The maximum atomic E-state index is 11.0. The fourth-order valence-electron chi connectivity index (χ4n) is 3.20. The Morgan fingerprint density at radius 3 is 0.833 bits per heavy atom. The van der Waals surface area contributed by atoms with Gasteiger partial charge in [-0.15, -0.1) is 0 Å². The second kappa shape index (κ2) is 16.9. The van der Waals surface area contributed by atoms with Gasteiger partial charge < -0.3 is 30.0 Å². The van der Waals surface area contributed by atoms with Gasteiger partial charge in [-0.2, -0.15) is 0 Å². The first-order valence-electron chi connectivity index (χ1n) is 10.7. The van der Waals surface area contributed by atoms with Crippen LogP contribution in [-0.4, -0.2) is 40.9 Å². The summed E-state index contributed by atoms with van der Waals surface area (Å²) in [5.41, 5.74) is -0.875. The molecule has 0 aliphatic carbocycles. The number of hydrogen-bond acceptors (Lipinski definition) is 6. The zero-order chi connectivity index (χ0) is 22.9. The van der Waals surface area contributed by atoms with Crippen molar-refractivity contribution in [3.05, 3.63) is 0 Å². The Balaban J connectivity index is 3.40. The SMILES string of the molecule is O=P(O)(O)C(CCCCCCCCCCCCCCCCC(=NO)P(=O)(O)O)=NO. The van der Waals surface area contributed by atoms with E-state index in [1.807, 2.05) is 0 Å². The molecular formula is C18H38N2O8P2. The number of oxime groups is 2. The van der Waals surface area contributed by atoms with Crippen LogP contribution in [0.4, 0.5) is 0 Å². The second-order valence-electron chi connectivity index (χ2n) is 7.57. The average molecular weight is 472 g/mol. The number of rotatable bonds is 19. The molecule has 0 atom stereocenters. The Kier molecular flexibility index (Phi) is 16.4. The lowest BCUT2D eigenvalue weighted by Crippen LogP contribution is -1.99. The van der Waals surface area contributed by atoms with E-state index < -0.39 is 26.1 Å². The molecule has 0 bridgehead atoms. The molecule has 10 nitrogen and oxygen atoms in total. The predicted molar refractivity (Wildman–Crippen MR) is 116 cm³/mol. The third kappa shape index (κ3) is 16.0. The second-order valence-corrected chi connectivity index (χ2v) is 10.8. The quantitative estimate of drug-likeness (QED) is 0.0490. The summed E-state index contributed by atoms with van der Waals surface area (Å²) in [6.07, 6.45) is 14.4. The van der Waals surface area contributed by atoms with E-state index in [9.17, 15) is 9.13 Å². The van der Waals surface area contributed by atoms with E-state index in [2.05, 4.69) is 10.3 Å². The van der Waals surface area contributed by atoms with Gasteiger partial charge in [-0.3, -0.25) is 9.13 Å². The van der Waals surface area contributed by atoms with Crippen LogP contribution in [0.15, 0.2) is 10.3 Å². The topological polar surface area (TPSA) is 180 Å². The van der Waals surface area contributed by atoms with E-state index in [0.29, 0.717) is 12.8 Å². The Morgan fingerprint density at radius 1 is 0.467 bits per heavy atom. The average Bonchev–Trinajstić information content (AvgIpc) is 2.65. The molecule has 0 amide bonds. The van der Waals surface area contributed by atoms with E-state index in [4.69, 9.17) is 30.0 Å². The number of nitrogens with zero attached hydrogens (tertiary/aromatic N) is 2. The molecule has 6 N–H and O–H groups in total. The first-order valence-corrected chi connectivity index (χ1v) is 13.9. The maximum absolute atomic E-state index is 11.0. The van der Waals surface area contributed by atoms with Gasteiger partial charge in [-0.25, -0.2) is 0 Å². The summed E-state index contributed by atoms with van der Waals surface area (Å²) in [4.78, 5) is 35.7. The van der Waals surface area contributed by atoms with Crippen LogP contribution in [0.25, 0.3) is 0 Å². The van der Waals surface area contributed by atoms with Crippen LogP contribution in [0.3, 0.4) is 0 Å². The lowest BCUT2D eigenvalue weighted by Gasteiger charge is -2.06. The van der Waals surface area contributed by atoms with E-state index in [-0.39, 0.29) is 12.8 Å². The zero-order valence-electron chi connectivity index (χ0n) is 17.6. The molecule has 0 rings (SSSR count). The van der Waals surface area contributed by atoms with Crippen molar-refractivity contribution in [3.63, 3.8) is 0 Å². The summed E-state index contributed by atoms with van der Waals surface area (Å²) in [5, 5.41) is 22.6. The van der Waals surface area contributed by atoms with Gasteiger partial charge in [-0.1, -0.05) is 87.4 Å². The molecule has 178 valence electrons. The van der Waals surface area contributed by atoms with Gasteiger partial charge >= 0.3 is 15.2 Å². The summed E-state index contributed by atoms with van der Waals surface area (Å²) in [6.45, 7) is 0. The van der Waals surface area contributed by atoms with Crippen LogP contribution in [0.2, 0.25) is 0 Å². The maximum Gasteiger partial charge on any atom is 0.373 e. The highest BCUT2D eigenvalue weighted by atomic mass is 31.2. The van der Waals surface area contributed by atoms with E-state index in [1.165, 1.54) is 25.7 Å². The van der Waals surface area contributed by atoms with Crippen molar-refractivity contribution in [2.45, 2.75) is 103 Å². The summed E-state index contributed by atoms with van der Waals surface area (Å²) < 4.78 is 22.0. The summed E-state index contributed by atoms with van der Waals surface area (Å²) in [5.74, 6) is 0. The van der Waals surface area contributed by atoms with Crippen molar-refractivity contribution in [1.82, 2.24) is 0 Å². The van der Waals surface area contributed by atoms with E-state index >= 15 is 0 Å². The van der Waals surface area contributed by atoms with E-state index in [1.54, 1.807) is 0 Å². The monoisotopic (exact) mass is 472 g/mol. The minimum absolute atomic E-state index is 0.126. The molecule has 0 spiro atoms. The van der Waals surface area contributed by atoms with Crippen LogP contribution in [-0.2, 0) is 9.13 Å². The van der Waals surface area contributed by atoms with Crippen molar-refractivity contribution in [2.24, 2.45) is 10.3 Å². The van der Waals surface area contributed by atoms with Gasteiger partial charge in [-0.05, 0) is 12.8 Å². The van der Waals surface area contributed by atoms with Crippen molar-refractivity contribution in [1.29, 1.82) is 0 Å². The van der Waals surface area contributed by atoms with Crippen LogP contribution < -0.4 is 0 Å². The molecule has 0 aromatic carbocycles. The molecule has 0 aliphatic rings. The number of hydrogen-bond donors (Lipinski definition) is 6. The Bertz CT molecular complexity index is 549. The van der Waals surface area contributed by atoms with Crippen LogP contribution >= 0.6 is 15.2 Å². The Morgan fingerprint density at radius 2 is 0.667 bits per heavy atom. The molecule has 0 fully saturated rings. The van der Waals surface area contributed by atoms with Crippen molar-refractivity contribution < 1.29 is 39.1 Å². The van der Waals surface area contributed by atoms with Gasteiger partial charge in [0.05, 0.1) is 0 Å². The highest BCUT2D eigenvalue weighted by Crippen LogP contribution is 2.39. The third-order valence-electron chi connectivity index (χ3n) is 4.95. The number of unbranched alkanes of at least 4 members (excludes halogenated alkanes) is 13. The molecule has 0 aliphatic heterocycles. The molecule has 0 aromatic heterocycles. The van der Waals surface area contributed by atoms with E-state index in [0.717, 1.165) is 51.4 Å². The summed E-state index contributed by atoms with van der Waals surface area (Å²) in [7, 11) is -8.84.